The van der Waals surface area contributed by atoms with Gasteiger partial charge in [-0.05, 0) is 38.3 Å². The van der Waals surface area contributed by atoms with Crippen LogP contribution in [0.2, 0.25) is 0 Å². The zero-order valence-corrected chi connectivity index (χ0v) is 14.8. The molecule has 2 aliphatic rings. The van der Waals surface area contributed by atoms with Crippen molar-refractivity contribution in [1.82, 2.24) is 15.1 Å². The van der Waals surface area contributed by atoms with Crippen LogP contribution in [-0.2, 0) is 4.79 Å². The Labute approximate surface area is 148 Å². The summed E-state index contributed by atoms with van der Waals surface area (Å²) < 4.78 is 5.91. The molecule has 1 aromatic carbocycles. The van der Waals surface area contributed by atoms with Crippen molar-refractivity contribution in [2.75, 3.05) is 13.1 Å². The fraction of sp³-hybridized carbons (Fsp3) is 0.550. The van der Waals surface area contributed by atoms with E-state index in [0.717, 1.165) is 31.4 Å². The van der Waals surface area contributed by atoms with Gasteiger partial charge in [0.25, 0.3) is 0 Å². The van der Waals surface area contributed by atoms with E-state index in [0.29, 0.717) is 24.2 Å². The Morgan fingerprint density at radius 1 is 1.08 bits per heavy atom. The maximum atomic E-state index is 12.7. The number of hydrogen-bond donors (Lipinski definition) is 0. The van der Waals surface area contributed by atoms with Crippen LogP contribution in [0.15, 0.2) is 28.7 Å². The number of carbonyl (C=O) groups is 1. The molecule has 1 saturated carbocycles. The lowest BCUT2D eigenvalue weighted by atomic mass is 9.88. The summed E-state index contributed by atoms with van der Waals surface area (Å²) in [5, 5.41) is 8.45. The summed E-state index contributed by atoms with van der Waals surface area (Å²) in [6.07, 6.45) is 6.68. The van der Waals surface area contributed by atoms with E-state index >= 15 is 0 Å². The van der Waals surface area contributed by atoms with Gasteiger partial charge in [-0.15, -0.1) is 10.2 Å². The minimum Gasteiger partial charge on any atom is -0.420 e. The van der Waals surface area contributed by atoms with Gasteiger partial charge in [0.2, 0.25) is 17.7 Å². The van der Waals surface area contributed by atoms with Crippen LogP contribution in [0.25, 0.3) is 11.5 Å². The maximum absolute atomic E-state index is 12.7. The van der Waals surface area contributed by atoms with E-state index in [-0.39, 0.29) is 11.8 Å². The Bertz CT molecular complexity index is 732. The van der Waals surface area contributed by atoms with E-state index in [4.69, 9.17) is 4.42 Å². The maximum Gasteiger partial charge on any atom is 0.247 e. The highest BCUT2D eigenvalue weighted by Gasteiger charge is 2.34. The summed E-state index contributed by atoms with van der Waals surface area (Å²) in [4.78, 5) is 14.7. The second kappa shape index (κ2) is 6.98. The van der Waals surface area contributed by atoms with Gasteiger partial charge < -0.3 is 9.32 Å². The topological polar surface area (TPSA) is 59.2 Å². The fourth-order valence-corrected chi connectivity index (χ4v) is 3.98. The molecule has 25 heavy (non-hydrogen) atoms. The minimum atomic E-state index is 0.166. The quantitative estimate of drug-likeness (QED) is 0.850. The summed E-state index contributed by atoms with van der Waals surface area (Å²) in [5.74, 6) is 1.96. The number of aromatic nitrogens is 2. The van der Waals surface area contributed by atoms with Gasteiger partial charge in [-0.3, -0.25) is 4.79 Å². The van der Waals surface area contributed by atoms with Gasteiger partial charge in [0.15, 0.2) is 0 Å². The third-order valence-electron chi connectivity index (χ3n) is 5.54. The van der Waals surface area contributed by atoms with Crippen LogP contribution < -0.4 is 0 Å². The largest absolute Gasteiger partial charge is 0.420 e. The SMILES string of the molecule is Cc1ccc(-c2nnc([C@H]3CCN(C(=O)C4CCCCC4)C3)o2)cc1. The molecular formula is C20H25N3O2. The highest BCUT2D eigenvalue weighted by Crippen LogP contribution is 2.32. The first-order valence-electron chi connectivity index (χ1n) is 9.40. The first-order valence-corrected chi connectivity index (χ1v) is 9.40. The first kappa shape index (κ1) is 16.3. The number of aryl methyl sites for hydroxylation is 1. The molecule has 4 rings (SSSR count). The molecule has 2 fully saturated rings. The molecule has 1 aliphatic carbocycles. The predicted octanol–water partition coefficient (Wildman–Crippen LogP) is 3.94. The van der Waals surface area contributed by atoms with Gasteiger partial charge in [-0.25, -0.2) is 0 Å². The van der Waals surface area contributed by atoms with Crippen LogP contribution in [0.4, 0.5) is 0 Å². The Hall–Kier alpha value is -2.17. The van der Waals surface area contributed by atoms with Crippen molar-refractivity contribution < 1.29 is 9.21 Å². The molecule has 1 saturated heterocycles. The van der Waals surface area contributed by atoms with Gasteiger partial charge in [0, 0.05) is 24.6 Å². The molecule has 0 bridgehead atoms. The number of rotatable bonds is 3. The van der Waals surface area contributed by atoms with Gasteiger partial charge in [0.05, 0.1) is 5.92 Å². The average Bonchev–Trinajstić information content (AvgIpc) is 3.32. The summed E-state index contributed by atoms with van der Waals surface area (Å²) in [7, 11) is 0. The summed E-state index contributed by atoms with van der Waals surface area (Å²) >= 11 is 0. The Morgan fingerprint density at radius 3 is 2.60 bits per heavy atom. The molecule has 0 unspecified atom stereocenters. The molecule has 2 heterocycles. The van der Waals surface area contributed by atoms with Crippen LogP contribution in [0.1, 0.15) is 55.9 Å². The van der Waals surface area contributed by atoms with Crippen LogP contribution in [0, 0.1) is 12.8 Å². The van der Waals surface area contributed by atoms with Crippen molar-refractivity contribution >= 4 is 5.91 Å². The standard InChI is InChI=1S/C20H25N3O2/c1-14-7-9-15(10-8-14)18-21-22-19(25-18)17-11-12-23(13-17)20(24)16-5-3-2-4-6-16/h7-10,16-17H,2-6,11-13H2,1H3/t17-/m0/s1. The molecule has 1 aromatic heterocycles. The highest BCUT2D eigenvalue weighted by atomic mass is 16.4. The first-order chi connectivity index (χ1) is 12.2. The third kappa shape index (κ3) is 3.46. The average molecular weight is 339 g/mol. The number of nitrogens with zero attached hydrogens (tertiary/aromatic N) is 3. The molecule has 0 radical (unpaired) electrons. The highest BCUT2D eigenvalue weighted by molar-refractivity contribution is 5.79. The Kier molecular flexibility index (Phi) is 4.55. The lowest BCUT2D eigenvalue weighted by molar-refractivity contribution is -0.135. The monoisotopic (exact) mass is 339 g/mol. The predicted molar refractivity (Wildman–Crippen MR) is 95.0 cm³/mol. The molecule has 1 atom stereocenters. The molecule has 5 heteroatoms. The molecule has 5 nitrogen and oxygen atoms in total. The van der Waals surface area contributed by atoms with Crippen LogP contribution >= 0.6 is 0 Å². The fourth-order valence-electron chi connectivity index (χ4n) is 3.98. The number of amides is 1. The van der Waals surface area contributed by atoms with Crippen molar-refractivity contribution in [3.05, 3.63) is 35.7 Å². The Balaban J connectivity index is 1.42. The Morgan fingerprint density at radius 2 is 1.84 bits per heavy atom. The second-order valence-corrected chi connectivity index (χ2v) is 7.42. The van der Waals surface area contributed by atoms with Crippen molar-refractivity contribution in [2.45, 2.75) is 51.4 Å². The number of likely N-dealkylation sites (tertiary alicyclic amines) is 1. The molecule has 2 aromatic rings. The molecule has 0 N–H and O–H groups in total. The minimum absolute atomic E-state index is 0.166. The number of benzene rings is 1. The van der Waals surface area contributed by atoms with Crippen molar-refractivity contribution in [3.8, 4) is 11.5 Å². The summed E-state index contributed by atoms with van der Waals surface area (Å²) in [5.41, 5.74) is 2.15. The zero-order valence-electron chi connectivity index (χ0n) is 14.8. The third-order valence-corrected chi connectivity index (χ3v) is 5.54. The van der Waals surface area contributed by atoms with E-state index in [1.165, 1.54) is 24.8 Å². The van der Waals surface area contributed by atoms with E-state index in [9.17, 15) is 4.79 Å². The van der Waals surface area contributed by atoms with Gasteiger partial charge in [-0.1, -0.05) is 37.0 Å². The van der Waals surface area contributed by atoms with Crippen LogP contribution in [0.5, 0.6) is 0 Å². The second-order valence-electron chi connectivity index (χ2n) is 7.42. The van der Waals surface area contributed by atoms with Crippen molar-refractivity contribution in [2.24, 2.45) is 5.92 Å². The van der Waals surface area contributed by atoms with Gasteiger partial charge in [-0.2, -0.15) is 0 Å². The van der Waals surface area contributed by atoms with Gasteiger partial charge in [0.1, 0.15) is 0 Å². The lowest BCUT2D eigenvalue weighted by Crippen LogP contribution is -2.35. The molecule has 1 aliphatic heterocycles. The van der Waals surface area contributed by atoms with Crippen molar-refractivity contribution in [1.29, 1.82) is 0 Å². The van der Waals surface area contributed by atoms with Gasteiger partial charge >= 0.3 is 0 Å². The summed E-state index contributed by atoms with van der Waals surface area (Å²) in [6.45, 7) is 3.58. The summed E-state index contributed by atoms with van der Waals surface area (Å²) in [6, 6.07) is 8.08. The molecule has 1 amide bonds. The molecule has 132 valence electrons. The van der Waals surface area contributed by atoms with E-state index in [2.05, 4.69) is 17.1 Å². The molecular weight excluding hydrogens is 314 g/mol. The normalized spacial score (nSPS) is 21.6. The number of carbonyl (C=O) groups excluding carboxylic acids is 1. The van der Waals surface area contributed by atoms with Crippen LogP contribution in [0.3, 0.4) is 0 Å². The number of hydrogen-bond acceptors (Lipinski definition) is 4. The van der Waals surface area contributed by atoms with Crippen molar-refractivity contribution in [3.63, 3.8) is 0 Å². The molecule has 0 spiro atoms. The smallest absolute Gasteiger partial charge is 0.247 e. The van der Waals surface area contributed by atoms with E-state index in [1.807, 2.05) is 29.2 Å². The lowest BCUT2D eigenvalue weighted by Gasteiger charge is -2.26. The van der Waals surface area contributed by atoms with E-state index in [1.54, 1.807) is 0 Å². The van der Waals surface area contributed by atoms with E-state index < -0.39 is 0 Å². The zero-order chi connectivity index (χ0) is 17.2. The van der Waals surface area contributed by atoms with Crippen LogP contribution in [-0.4, -0.2) is 34.1 Å².